The van der Waals surface area contributed by atoms with Crippen LogP contribution < -0.4 is 5.73 Å². The van der Waals surface area contributed by atoms with E-state index in [-0.39, 0.29) is 6.04 Å². The number of thiophene rings is 2. The average molecular weight is 294 g/mol. The molecular formula is C12H14N4OS2. The highest BCUT2D eigenvalue weighted by Gasteiger charge is 2.17. The van der Waals surface area contributed by atoms with Crippen LogP contribution >= 0.6 is 22.7 Å². The van der Waals surface area contributed by atoms with Gasteiger partial charge in [-0.1, -0.05) is 5.16 Å². The van der Waals surface area contributed by atoms with E-state index in [1.165, 1.54) is 9.40 Å². The molecule has 0 spiro atoms. The summed E-state index contributed by atoms with van der Waals surface area (Å²) in [5.41, 5.74) is 6.02. The minimum atomic E-state index is -0.228. The highest BCUT2D eigenvalue weighted by atomic mass is 32.1. The molecule has 0 bridgehead atoms. The van der Waals surface area contributed by atoms with Gasteiger partial charge >= 0.3 is 0 Å². The van der Waals surface area contributed by atoms with Crippen molar-refractivity contribution in [2.75, 3.05) is 20.6 Å². The third-order valence-electron chi connectivity index (χ3n) is 2.69. The largest absolute Gasteiger partial charge is 0.333 e. The van der Waals surface area contributed by atoms with Gasteiger partial charge in [-0.3, -0.25) is 0 Å². The van der Waals surface area contributed by atoms with Gasteiger partial charge in [-0.2, -0.15) is 4.98 Å². The molecule has 19 heavy (non-hydrogen) atoms. The molecule has 3 aromatic heterocycles. The Morgan fingerprint density at radius 3 is 3.00 bits per heavy atom. The van der Waals surface area contributed by atoms with E-state index in [2.05, 4.69) is 27.7 Å². The molecule has 0 fully saturated rings. The summed E-state index contributed by atoms with van der Waals surface area (Å²) in [7, 11) is 3.93. The van der Waals surface area contributed by atoms with Crippen LogP contribution in [0.2, 0.25) is 0 Å². The lowest BCUT2D eigenvalue weighted by Crippen LogP contribution is -2.26. The van der Waals surface area contributed by atoms with Crippen molar-refractivity contribution in [2.24, 2.45) is 5.73 Å². The number of rotatable bonds is 4. The second-order valence-electron chi connectivity index (χ2n) is 4.59. The fourth-order valence-electron chi connectivity index (χ4n) is 1.83. The summed E-state index contributed by atoms with van der Waals surface area (Å²) < 4.78 is 7.80. The Balaban J connectivity index is 1.86. The van der Waals surface area contributed by atoms with Crippen molar-refractivity contribution < 1.29 is 4.52 Å². The van der Waals surface area contributed by atoms with Crippen molar-refractivity contribution in [3.63, 3.8) is 0 Å². The van der Waals surface area contributed by atoms with E-state index in [9.17, 15) is 0 Å². The van der Waals surface area contributed by atoms with Crippen molar-refractivity contribution in [2.45, 2.75) is 6.04 Å². The lowest BCUT2D eigenvalue weighted by atomic mass is 10.3. The van der Waals surface area contributed by atoms with Crippen LogP contribution in [0.25, 0.3) is 20.2 Å². The molecule has 3 aromatic rings. The van der Waals surface area contributed by atoms with Gasteiger partial charge in [-0.15, -0.1) is 22.7 Å². The van der Waals surface area contributed by atoms with Gasteiger partial charge < -0.3 is 15.2 Å². The highest BCUT2D eigenvalue weighted by Crippen LogP contribution is 2.35. The number of hydrogen-bond acceptors (Lipinski definition) is 7. The minimum absolute atomic E-state index is 0.228. The summed E-state index contributed by atoms with van der Waals surface area (Å²) in [5.74, 6) is 1.11. The highest BCUT2D eigenvalue weighted by molar-refractivity contribution is 7.28. The zero-order valence-corrected chi connectivity index (χ0v) is 12.3. The molecule has 5 nitrogen and oxygen atoms in total. The van der Waals surface area contributed by atoms with Crippen LogP contribution in [-0.4, -0.2) is 35.7 Å². The third-order valence-corrected chi connectivity index (χ3v) is 4.77. The van der Waals surface area contributed by atoms with E-state index in [1.54, 1.807) is 22.7 Å². The first-order chi connectivity index (χ1) is 9.13. The van der Waals surface area contributed by atoms with E-state index in [1.807, 2.05) is 19.0 Å². The molecule has 0 aliphatic heterocycles. The summed E-state index contributed by atoms with van der Waals surface area (Å²) in [6, 6.07) is 3.96. The van der Waals surface area contributed by atoms with Crippen molar-refractivity contribution >= 4 is 32.1 Å². The molecule has 2 N–H and O–H groups in total. The summed E-state index contributed by atoms with van der Waals surface area (Å²) in [6.45, 7) is 0.693. The maximum absolute atomic E-state index is 6.02. The van der Waals surface area contributed by atoms with Gasteiger partial charge in [0.05, 0.1) is 10.9 Å². The molecule has 0 amide bonds. The van der Waals surface area contributed by atoms with Crippen molar-refractivity contribution in [3.8, 4) is 10.8 Å². The predicted molar refractivity (Wildman–Crippen MR) is 78.5 cm³/mol. The molecule has 100 valence electrons. The fraction of sp³-hybridized carbons (Fsp3) is 0.333. The number of nitrogens with zero attached hydrogens (tertiary/aromatic N) is 3. The Morgan fingerprint density at radius 1 is 1.42 bits per heavy atom. The molecule has 1 unspecified atom stereocenters. The Morgan fingerprint density at radius 2 is 2.26 bits per heavy atom. The molecule has 3 rings (SSSR count). The van der Waals surface area contributed by atoms with Crippen LogP contribution in [0.15, 0.2) is 22.0 Å². The maximum Gasteiger partial charge on any atom is 0.268 e. The van der Waals surface area contributed by atoms with Crippen molar-refractivity contribution in [3.05, 3.63) is 23.3 Å². The molecule has 0 aromatic carbocycles. The smallest absolute Gasteiger partial charge is 0.268 e. The zero-order valence-electron chi connectivity index (χ0n) is 10.7. The quantitative estimate of drug-likeness (QED) is 0.801. The molecule has 3 heterocycles. The SMILES string of the molecule is CN(C)CC(N)c1noc(-c2cc3sccc3s2)n1. The Bertz CT molecular complexity index is 656. The monoisotopic (exact) mass is 294 g/mol. The van der Waals surface area contributed by atoms with E-state index in [0.29, 0.717) is 18.3 Å². The summed E-state index contributed by atoms with van der Waals surface area (Å²) in [6.07, 6.45) is 0. The van der Waals surface area contributed by atoms with Gasteiger partial charge in [0, 0.05) is 15.9 Å². The first-order valence-electron chi connectivity index (χ1n) is 5.85. The van der Waals surface area contributed by atoms with Gasteiger partial charge in [0.25, 0.3) is 5.89 Å². The molecule has 0 radical (unpaired) electrons. The van der Waals surface area contributed by atoms with Gasteiger partial charge in [0.15, 0.2) is 5.82 Å². The number of fused-ring (bicyclic) bond motifs is 1. The van der Waals surface area contributed by atoms with Gasteiger partial charge in [0.2, 0.25) is 0 Å². The minimum Gasteiger partial charge on any atom is -0.333 e. The van der Waals surface area contributed by atoms with E-state index in [4.69, 9.17) is 10.3 Å². The van der Waals surface area contributed by atoms with Crippen LogP contribution in [-0.2, 0) is 0 Å². The molecule has 0 aliphatic carbocycles. The van der Waals surface area contributed by atoms with Crippen LogP contribution in [0.4, 0.5) is 0 Å². The molecule has 1 atom stereocenters. The van der Waals surface area contributed by atoms with E-state index in [0.717, 1.165) is 4.88 Å². The fourth-order valence-corrected chi connectivity index (χ4v) is 3.86. The van der Waals surface area contributed by atoms with Crippen LogP contribution in [0.5, 0.6) is 0 Å². The topological polar surface area (TPSA) is 68.2 Å². The molecule has 0 aliphatic rings. The molecule has 0 saturated carbocycles. The Hall–Kier alpha value is -1.28. The van der Waals surface area contributed by atoms with E-state index >= 15 is 0 Å². The zero-order chi connectivity index (χ0) is 13.4. The third kappa shape index (κ3) is 2.55. The first-order valence-corrected chi connectivity index (χ1v) is 7.54. The van der Waals surface area contributed by atoms with Gasteiger partial charge in [-0.05, 0) is 31.6 Å². The van der Waals surface area contributed by atoms with Crippen molar-refractivity contribution in [1.29, 1.82) is 0 Å². The van der Waals surface area contributed by atoms with Crippen molar-refractivity contribution in [1.82, 2.24) is 15.0 Å². The lowest BCUT2D eigenvalue weighted by Gasteiger charge is -2.12. The molecule has 7 heteroatoms. The number of likely N-dealkylation sites (N-methyl/N-ethyl adjacent to an activating group) is 1. The lowest BCUT2D eigenvalue weighted by molar-refractivity contribution is 0.357. The first kappa shape index (κ1) is 12.7. The van der Waals surface area contributed by atoms with Gasteiger partial charge in [-0.25, -0.2) is 0 Å². The molecular weight excluding hydrogens is 280 g/mol. The summed E-state index contributed by atoms with van der Waals surface area (Å²) in [4.78, 5) is 7.39. The molecule has 0 saturated heterocycles. The second-order valence-corrected chi connectivity index (χ2v) is 6.62. The second kappa shape index (κ2) is 5.01. The van der Waals surface area contributed by atoms with Crippen LogP contribution in [0.1, 0.15) is 11.9 Å². The summed E-state index contributed by atoms with van der Waals surface area (Å²) in [5, 5.41) is 6.05. The van der Waals surface area contributed by atoms with Gasteiger partial charge in [0.1, 0.15) is 0 Å². The maximum atomic E-state index is 6.02. The number of aromatic nitrogens is 2. The van der Waals surface area contributed by atoms with Crippen LogP contribution in [0.3, 0.4) is 0 Å². The van der Waals surface area contributed by atoms with Crippen LogP contribution in [0, 0.1) is 0 Å². The predicted octanol–water partition coefficient (Wildman–Crippen LogP) is 2.57. The Kier molecular flexibility index (Phi) is 3.36. The number of nitrogens with two attached hydrogens (primary N) is 1. The Labute approximate surface area is 118 Å². The standard InChI is InChI=1S/C12H14N4OS2/c1-16(2)6-7(13)11-14-12(17-15-11)10-5-9-8(19-10)3-4-18-9/h3-5,7H,6,13H2,1-2H3. The van der Waals surface area contributed by atoms with E-state index < -0.39 is 0 Å². The summed E-state index contributed by atoms with van der Waals surface area (Å²) >= 11 is 3.37. The average Bonchev–Trinajstić information content (AvgIpc) is 3.02. The normalized spacial score (nSPS) is 13.5. The number of hydrogen-bond donors (Lipinski definition) is 1.